The van der Waals surface area contributed by atoms with Crippen LogP contribution in [-0.4, -0.2) is 16.5 Å². The molecule has 1 aromatic heterocycles. The minimum absolute atomic E-state index is 0.134. The average Bonchev–Trinajstić information content (AvgIpc) is 2.85. The monoisotopic (exact) mass is 289 g/mol. The van der Waals surface area contributed by atoms with Crippen LogP contribution in [0.15, 0.2) is 24.3 Å². The van der Waals surface area contributed by atoms with E-state index in [0.29, 0.717) is 23.8 Å². The van der Waals surface area contributed by atoms with E-state index >= 15 is 0 Å². The molecule has 0 spiro atoms. The lowest BCUT2D eigenvalue weighted by atomic mass is 10.2. The number of anilines is 1. The molecular formula is C11H10F3N3OS. The van der Waals surface area contributed by atoms with Crippen molar-refractivity contribution in [2.75, 3.05) is 12.4 Å². The number of hydrogen-bond acceptors (Lipinski definition) is 5. The van der Waals surface area contributed by atoms with Gasteiger partial charge in [-0.3, -0.25) is 0 Å². The highest BCUT2D eigenvalue weighted by Crippen LogP contribution is 2.29. The Bertz CT molecular complexity index is 556. The van der Waals surface area contributed by atoms with Crippen molar-refractivity contribution in [3.63, 3.8) is 0 Å². The quantitative estimate of drug-likeness (QED) is 0.939. The van der Waals surface area contributed by atoms with E-state index in [-0.39, 0.29) is 5.13 Å². The van der Waals surface area contributed by atoms with Crippen LogP contribution in [0.3, 0.4) is 0 Å². The van der Waals surface area contributed by atoms with E-state index in [4.69, 9.17) is 4.74 Å². The Kier molecular flexibility index (Phi) is 3.89. The van der Waals surface area contributed by atoms with Crippen LogP contribution in [0.2, 0.25) is 0 Å². The Morgan fingerprint density at radius 2 is 2.16 bits per heavy atom. The number of aromatic nitrogens is 2. The summed E-state index contributed by atoms with van der Waals surface area (Å²) < 4.78 is 45.2. The molecule has 1 heterocycles. The molecule has 0 amide bonds. The van der Waals surface area contributed by atoms with E-state index in [1.165, 1.54) is 0 Å². The van der Waals surface area contributed by atoms with Gasteiger partial charge in [-0.15, -0.1) is 0 Å². The van der Waals surface area contributed by atoms with Crippen molar-refractivity contribution >= 4 is 16.7 Å². The number of hydrogen-bond donors (Lipinski definition) is 1. The van der Waals surface area contributed by atoms with E-state index in [0.717, 1.165) is 5.56 Å². The number of halogens is 3. The molecule has 0 unspecified atom stereocenters. The lowest BCUT2D eigenvalue weighted by molar-refractivity contribution is -0.144. The zero-order valence-corrected chi connectivity index (χ0v) is 10.7. The molecule has 2 aromatic rings. The van der Waals surface area contributed by atoms with Crippen molar-refractivity contribution in [3.05, 3.63) is 35.7 Å². The van der Waals surface area contributed by atoms with Gasteiger partial charge in [0, 0.05) is 18.1 Å². The summed E-state index contributed by atoms with van der Waals surface area (Å²) in [6.45, 7) is 0.351. The largest absolute Gasteiger partial charge is 0.497 e. The molecule has 0 aliphatic carbocycles. The highest BCUT2D eigenvalue weighted by molar-refractivity contribution is 7.09. The molecule has 0 atom stereocenters. The summed E-state index contributed by atoms with van der Waals surface area (Å²) in [6, 6.07) is 7.22. The van der Waals surface area contributed by atoms with Crippen molar-refractivity contribution < 1.29 is 17.9 Å². The maximum Gasteiger partial charge on any atom is 0.452 e. The summed E-state index contributed by atoms with van der Waals surface area (Å²) in [5.74, 6) is -0.432. The molecule has 19 heavy (non-hydrogen) atoms. The molecule has 1 aromatic carbocycles. The first-order chi connectivity index (χ1) is 8.99. The Labute approximate surface area is 111 Å². The van der Waals surface area contributed by atoms with Gasteiger partial charge < -0.3 is 10.1 Å². The Hall–Kier alpha value is -1.83. The highest BCUT2D eigenvalue weighted by Gasteiger charge is 2.36. The standard InChI is InChI=1S/C11H10F3N3OS/c1-18-8-4-2-3-7(5-8)6-15-10-16-9(17-19-10)11(12,13)14/h2-5H,6H2,1H3,(H,15,16,17). The molecule has 0 radical (unpaired) electrons. The molecule has 2 rings (SSSR count). The van der Waals surface area contributed by atoms with Crippen LogP contribution in [-0.2, 0) is 12.7 Å². The van der Waals surface area contributed by atoms with Crippen LogP contribution in [0.25, 0.3) is 0 Å². The molecule has 0 saturated carbocycles. The molecule has 1 N–H and O–H groups in total. The minimum atomic E-state index is -4.51. The van der Waals surface area contributed by atoms with Crippen molar-refractivity contribution in [1.82, 2.24) is 9.36 Å². The summed E-state index contributed by atoms with van der Waals surface area (Å²) in [7, 11) is 1.55. The van der Waals surface area contributed by atoms with Crippen LogP contribution < -0.4 is 10.1 Å². The van der Waals surface area contributed by atoms with E-state index in [9.17, 15) is 13.2 Å². The van der Waals surface area contributed by atoms with Gasteiger partial charge in [-0.1, -0.05) is 12.1 Å². The van der Waals surface area contributed by atoms with Gasteiger partial charge >= 0.3 is 6.18 Å². The number of ether oxygens (including phenoxy) is 1. The smallest absolute Gasteiger partial charge is 0.452 e. The van der Waals surface area contributed by atoms with Gasteiger partial charge in [0.15, 0.2) is 0 Å². The third-order valence-corrected chi connectivity index (χ3v) is 2.93. The maximum absolute atomic E-state index is 12.3. The summed E-state index contributed by atoms with van der Waals surface area (Å²) in [5.41, 5.74) is 0.878. The summed E-state index contributed by atoms with van der Waals surface area (Å²) in [4.78, 5) is 3.38. The normalized spacial score (nSPS) is 11.4. The zero-order valence-electron chi connectivity index (χ0n) is 9.86. The van der Waals surface area contributed by atoms with Crippen molar-refractivity contribution in [2.45, 2.75) is 12.7 Å². The molecule has 8 heteroatoms. The molecule has 0 aliphatic rings. The molecule has 0 fully saturated rings. The van der Waals surface area contributed by atoms with Crippen LogP contribution in [0.5, 0.6) is 5.75 Å². The summed E-state index contributed by atoms with van der Waals surface area (Å²) in [6.07, 6.45) is -4.51. The van der Waals surface area contributed by atoms with Gasteiger partial charge in [0.1, 0.15) is 5.75 Å². The second-order valence-corrected chi connectivity index (χ2v) is 4.38. The number of nitrogens with one attached hydrogen (secondary N) is 1. The van der Waals surface area contributed by atoms with Gasteiger partial charge in [0.25, 0.3) is 0 Å². The fourth-order valence-electron chi connectivity index (χ4n) is 1.37. The first-order valence-electron chi connectivity index (χ1n) is 5.27. The topological polar surface area (TPSA) is 47.0 Å². The van der Waals surface area contributed by atoms with Crippen molar-refractivity contribution in [2.24, 2.45) is 0 Å². The third-order valence-electron chi connectivity index (χ3n) is 2.26. The Morgan fingerprint density at radius 3 is 2.79 bits per heavy atom. The van der Waals surface area contributed by atoms with Crippen molar-refractivity contribution in [3.8, 4) is 5.75 Å². The summed E-state index contributed by atoms with van der Waals surface area (Å²) >= 11 is 0.682. The fourth-order valence-corrected chi connectivity index (χ4v) is 1.95. The average molecular weight is 289 g/mol. The van der Waals surface area contributed by atoms with Gasteiger partial charge in [-0.05, 0) is 17.7 Å². The fraction of sp³-hybridized carbons (Fsp3) is 0.273. The second kappa shape index (κ2) is 5.43. The maximum atomic E-state index is 12.3. The zero-order chi connectivity index (χ0) is 13.9. The summed E-state index contributed by atoms with van der Waals surface area (Å²) in [5, 5.41) is 2.93. The number of alkyl halides is 3. The first kappa shape index (κ1) is 13.6. The van der Waals surface area contributed by atoms with Crippen molar-refractivity contribution in [1.29, 1.82) is 0 Å². The van der Waals surface area contributed by atoms with E-state index in [1.807, 2.05) is 6.07 Å². The first-order valence-corrected chi connectivity index (χ1v) is 6.04. The van der Waals surface area contributed by atoms with E-state index in [2.05, 4.69) is 14.7 Å². The lowest BCUT2D eigenvalue weighted by Crippen LogP contribution is -2.07. The van der Waals surface area contributed by atoms with E-state index < -0.39 is 12.0 Å². The molecule has 0 aliphatic heterocycles. The van der Waals surface area contributed by atoms with Gasteiger partial charge in [0.2, 0.25) is 11.0 Å². The number of rotatable bonds is 4. The van der Waals surface area contributed by atoms with E-state index in [1.54, 1.807) is 25.3 Å². The van der Waals surface area contributed by atoms with Crippen LogP contribution >= 0.6 is 11.5 Å². The Morgan fingerprint density at radius 1 is 1.37 bits per heavy atom. The third kappa shape index (κ3) is 3.57. The predicted molar refractivity (Wildman–Crippen MR) is 65.2 cm³/mol. The molecule has 0 saturated heterocycles. The van der Waals surface area contributed by atoms with Crippen LogP contribution in [0, 0.1) is 0 Å². The lowest BCUT2D eigenvalue weighted by Gasteiger charge is -2.05. The number of nitrogens with zero attached hydrogens (tertiary/aromatic N) is 2. The predicted octanol–water partition coefficient (Wildman–Crippen LogP) is 3.18. The molecule has 102 valence electrons. The highest BCUT2D eigenvalue weighted by atomic mass is 32.1. The molecule has 0 bridgehead atoms. The van der Waals surface area contributed by atoms with Crippen LogP contribution in [0.1, 0.15) is 11.4 Å². The Balaban J connectivity index is 2.00. The SMILES string of the molecule is COc1cccc(CNc2nc(C(F)(F)F)ns2)c1. The molecule has 4 nitrogen and oxygen atoms in total. The van der Waals surface area contributed by atoms with Gasteiger partial charge in [0.05, 0.1) is 7.11 Å². The van der Waals surface area contributed by atoms with Gasteiger partial charge in [-0.25, -0.2) is 0 Å². The number of benzene rings is 1. The second-order valence-electron chi connectivity index (χ2n) is 3.63. The minimum Gasteiger partial charge on any atom is -0.497 e. The van der Waals surface area contributed by atoms with Gasteiger partial charge in [-0.2, -0.15) is 22.5 Å². The number of methoxy groups -OCH3 is 1. The van der Waals surface area contributed by atoms with Crippen LogP contribution in [0.4, 0.5) is 18.3 Å². The molecular weight excluding hydrogens is 279 g/mol.